The molecule has 18 heavy (non-hydrogen) atoms. The Bertz CT molecular complexity index is 430. The first-order chi connectivity index (χ1) is 8.36. The number of carboxylic acids is 1. The average molecular weight is 248 g/mol. The van der Waals surface area contributed by atoms with Gasteiger partial charge in [0.2, 0.25) is 0 Å². The van der Waals surface area contributed by atoms with E-state index in [0.717, 1.165) is 6.42 Å². The maximum absolute atomic E-state index is 11.9. The van der Waals surface area contributed by atoms with Crippen LogP contribution < -0.4 is 0 Å². The summed E-state index contributed by atoms with van der Waals surface area (Å²) in [5.74, 6) is -0.858. The van der Waals surface area contributed by atoms with Crippen molar-refractivity contribution in [1.82, 2.24) is 0 Å². The molecule has 1 rings (SSSR count). The first-order valence-corrected chi connectivity index (χ1v) is 6.22. The lowest BCUT2D eigenvalue weighted by Gasteiger charge is -2.18. The summed E-state index contributed by atoms with van der Waals surface area (Å²) in [6.45, 7) is 5.35. The molecule has 1 aromatic carbocycles. The van der Waals surface area contributed by atoms with Crippen LogP contribution in [0.25, 0.3) is 0 Å². The van der Waals surface area contributed by atoms with Crippen LogP contribution in [0.5, 0.6) is 0 Å². The second-order valence-electron chi connectivity index (χ2n) is 5.16. The smallest absolute Gasteiger partial charge is 0.309 e. The molecule has 0 aromatic heterocycles. The van der Waals surface area contributed by atoms with Crippen LogP contribution in [0, 0.1) is 5.41 Å². The number of carboxylic acid groups (broad SMARTS) is 1. The Kier molecular flexibility index (Phi) is 4.65. The third kappa shape index (κ3) is 3.69. The summed E-state index contributed by atoms with van der Waals surface area (Å²) in [5, 5.41) is 8.98. The second-order valence-corrected chi connectivity index (χ2v) is 5.16. The zero-order valence-electron chi connectivity index (χ0n) is 11.2. The van der Waals surface area contributed by atoms with Crippen LogP contribution >= 0.6 is 0 Å². The molecule has 0 unspecified atom stereocenters. The molecule has 1 N–H and O–H groups in total. The number of ketones is 1. The van der Waals surface area contributed by atoms with Crippen molar-refractivity contribution in [2.75, 3.05) is 0 Å². The number of aryl methyl sites for hydroxylation is 1. The lowest BCUT2D eigenvalue weighted by atomic mass is 9.86. The Morgan fingerprint density at radius 2 is 1.72 bits per heavy atom. The third-order valence-corrected chi connectivity index (χ3v) is 3.24. The number of aliphatic carboxylic acids is 1. The number of Topliss-reactive ketones (excluding diaryl/α,β-unsaturated/α-hetero) is 1. The molecule has 0 heterocycles. The number of rotatable bonds is 6. The zero-order valence-corrected chi connectivity index (χ0v) is 11.2. The Morgan fingerprint density at radius 3 is 2.17 bits per heavy atom. The topological polar surface area (TPSA) is 54.4 Å². The van der Waals surface area contributed by atoms with Crippen LogP contribution in [0.4, 0.5) is 0 Å². The van der Waals surface area contributed by atoms with Crippen molar-refractivity contribution in [3.8, 4) is 0 Å². The van der Waals surface area contributed by atoms with E-state index in [1.54, 1.807) is 13.8 Å². The SMILES string of the molecule is CCc1ccc(C(=O)CCC(C)(C)C(=O)O)cc1. The fourth-order valence-electron chi connectivity index (χ4n) is 1.60. The minimum Gasteiger partial charge on any atom is -0.481 e. The molecule has 0 fully saturated rings. The normalized spacial score (nSPS) is 11.3. The molecule has 0 spiro atoms. The molecular formula is C15H20O3. The van der Waals surface area contributed by atoms with Gasteiger partial charge in [-0.15, -0.1) is 0 Å². The summed E-state index contributed by atoms with van der Waals surface area (Å²) in [4.78, 5) is 22.9. The van der Waals surface area contributed by atoms with Gasteiger partial charge in [0.05, 0.1) is 5.41 Å². The molecular weight excluding hydrogens is 228 g/mol. The number of carbonyl (C=O) groups excluding carboxylic acids is 1. The van der Waals surface area contributed by atoms with Crippen molar-refractivity contribution in [2.45, 2.75) is 40.0 Å². The fourth-order valence-corrected chi connectivity index (χ4v) is 1.60. The van der Waals surface area contributed by atoms with Gasteiger partial charge in [-0.25, -0.2) is 0 Å². The zero-order chi connectivity index (χ0) is 13.8. The van der Waals surface area contributed by atoms with Gasteiger partial charge in [-0.2, -0.15) is 0 Å². The Hall–Kier alpha value is -1.64. The number of benzene rings is 1. The molecule has 98 valence electrons. The van der Waals surface area contributed by atoms with Gasteiger partial charge in [0, 0.05) is 12.0 Å². The molecule has 0 amide bonds. The van der Waals surface area contributed by atoms with Crippen LogP contribution in [0.1, 0.15) is 49.5 Å². The molecule has 0 aliphatic heterocycles. The van der Waals surface area contributed by atoms with Gasteiger partial charge in [-0.3, -0.25) is 9.59 Å². The van der Waals surface area contributed by atoms with Crippen molar-refractivity contribution in [3.05, 3.63) is 35.4 Å². The molecule has 0 atom stereocenters. The monoisotopic (exact) mass is 248 g/mol. The molecule has 0 aliphatic rings. The highest BCUT2D eigenvalue weighted by atomic mass is 16.4. The number of hydrogen-bond acceptors (Lipinski definition) is 2. The number of carbonyl (C=O) groups is 2. The largest absolute Gasteiger partial charge is 0.481 e. The predicted octanol–water partition coefficient (Wildman–Crippen LogP) is 3.32. The first-order valence-electron chi connectivity index (χ1n) is 6.22. The standard InChI is InChI=1S/C15H20O3/c1-4-11-5-7-12(8-6-11)13(16)9-10-15(2,3)14(17)18/h5-8H,4,9-10H2,1-3H3,(H,17,18). The van der Waals surface area contributed by atoms with E-state index in [4.69, 9.17) is 5.11 Å². The highest BCUT2D eigenvalue weighted by molar-refractivity contribution is 5.96. The minimum absolute atomic E-state index is 0.00646. The molecule has 0 saturated carbocycles. The molecule has 0 aliphatic carbocycles. The second kappa shape index (κ2) is 5.80. The Morgan fingerprint density at radius 1 is 1.17 bits per heavy atom. The maximum atomic E-state index is 11.9. The maximum Gasteiger partial charge on any atom is 0.309 e. The minimum atomic E-state index is -0.864. The van der Waals surface area contributed by atoms with Crippen molar-refractivity contribution in [1.29, 1.82) is 0 Å². The quantitative estimate of drug-likeness (QED) is 0.786. The summed E-state index contributed by atoms with van der Waals surface area (Å²) in [5.41, 5.74) is 1.00. The molecule has 3 heteroatoms. The van der Waals surface area contributed by atoms with E-state index in [0.29, 0.717) is 12.0 Å². The van der Waals surface area contributed by atoms with E-state index in [-0.39, 0.29) is 12.2 Å². The van der Waals surface area contributed by atoms with E-state index in [1.165, 1.54) is 5.56 Å². The van der Waals surface area contributed by atoms with Gasteiger partial charge < -0.3 is 5.11 Å². The van der Waals surface area contributed by atoms with Gasteiger partial charge in [-0.1, -0.05) is 31.2 Å². The van der Waals surface area contributed by atoms with Crippen LogP contribution in [0.2, 0.25) is 0 Å². The molecule has 0 saturated heterocycles. The summed E-state index contributed by atoms with van der Waals surface area (Å²) in [7, 11) is 0. The first kappa shape index (κ1) is 14.4. The highest BCUT2D eigenvalue weighted by Gasteiger charge is 2.27. The van der Waals surface area contributed by atoms with E-state index in [9.17, 15) is 9.59 Å². The average Bonchev–Trinajstić information content (AvgIpc) is 2.36. The van der Waals surface area contributed by atoms with E-state index in [2.05, 4.69) is 6.92 Å². The fraction of sp³-hybridized carbons (Fsp3) is 0.467. The van der Waals surface area contributed by atoms with Crippen LogP contribution in [-0.2, 0) is 11.2 Å². The highest BCUT2D eigenvalue weighted by Crippen LogP contribution is 2.23. The van der Waals surface area contributed by atoms with Crippen molar-refractivity contribution < 1.29 is 14.7 Å². The van der Waals surface area contributed by atoms with Crippen LogP contribution in [0.15, 0.2) is 24.3 Å². The Labute approximate surface area is 108 Å². The molecule has 1 aromatic rings. The molecule has 0 radical (unpaired) electrons. The summed E-state index contributed by atoms with van der Waals surface area (Å²) < 4.78 is 0. The van der Waals surface area contributed by atoms with Crippen molar-refractivity contribution in [2.24, 2.45) is 5.41 Å². The van der Waals surface area contributed by atoms with Crippen molar-refractivity contribution >= 4 is 11.8 Å². The van der Waals surface area contributed by atoms with Crippen molar-refractivity contribution in [3.63, 3.8) is 0 Å². The van der Waals surface area contributed by atoms with Gasteiger partial charge in [0.1, 0.15) is 0 Å². The lowest BCUT2D eigenvalue weighted by molar-refractivity contribution is -0.147. The summed E-state index contributed by atoms with van der Waals surface area (Å²) >= 11 is 0. The third-order valence-electron chi connectivity index (χ3n) is 3.24. The summed E-state index contributed by atoms with van der Waals surface area (Å²) in [6, 6.07) is 7.51. The number of hydrogen-bond donors (Lipinski definition) is 1. The van der Waals surface area contributed by atoms with Crippen LogP contribution in [0.3, 0.4) is 0 Å². The predicted molar refractivity (Wildman–Crippen MR) is 70.8 cm³/mol. The lowest BCUT2D eigenvalue weighted by Crippen LogP contribution is -2.24. The van der Waals surface area contributed by atoms with Gasteiger partial charge in [-0.05, 0) is 32.3 Å². The van der Waals surface area contributed by atoms with Gasteiger partial charge >= 0.3 is 5.97 Å². The summed E-state index contributed by atoms with van der Waals surface area (Å²) in [6.07, 6.45) is 1.57. The van der Waals surface area contributed by atoms with E-state index in [1.807, 2.05) is 24.3 Å². The Balaban J connectivity index is 2.63. The molecule has 0 bridgehead atoms. The molecule has 3 nitrogen and oxygen atoms in total. The van der Waals surface area contributed by atoms with E-state index >= 15 is 0 Å². The van der Waals surface area contributed by atoms with Gasteiger partial charge in [0.25, 0.3) is 0 Å². The van der Waals surface area contributed by atoms with Crippen LogP contribution in [-0.4, -0.2) is 16.9 Å². The van der Waals surface area contributed by atoms with Gasteiger partial charge in [0.15, 0.2) is 5.78 Å². The van der Waals surface area contributed by atoms with E-state index < -0.39 is 11.4 Å².